The van der Waals surface area contributed by atoms with Gasteiger partial charge < -0.3 is 20.5 Å². The lowest BCUT2D eigenvalue weighted by Gasteiger charge is -2.14. The highest BCUT2D eigenvalue weighted by Crippen LogP contribution is 2.15. The molecule has 0 heterocycles. The van der Waals surface area contributed by atoms with Crippen molar-refractivity contribution < 1.29 is 14.6 Å². The van der Waals surface area contributed by atoms with Gasteiger partial charge in [0.05, 0.1) is 0 Å². The van der Waals surface area contributed by atoms with E-state index in [0.717, 1.165) is 12.0 Å². The van der Waals surface area contributed by atoms with Crippen LogP contribution >= 0.6 is 11.6 Å². The van der Waals surface area contributed by atoms with E-state index in [0.29, 0.717) is 17.3 Å². The number of carbonyl (C=O) groups is 1. The fraction of sp³-hybridized carbons (Fsp3) is 0.278. The summed E-state index contributed by atoms with van der Waals surface area (Å²) in [4.78, 5) is 11.7. The largest absolute Gasteiger partial charge is 0.491 e. The summed E-state index contributed by atoms with van der Waals surface area (Å²) in [5.74, 6) is 0.616. The third kappa shape index (κ3) is 6.89. The van der Waals surface area contributed by atoms with Gasteiger partial charge in [-0.25, -0.2) is 4.79 Å². The van der Waals surface area contributed by atoms with Gasteiger partial charge in [-0.1, -0.05) is 41.9 Å². The Kier molecular flexibility index (Phi) is 7.39. The van der Waals surface area contributed by atoms with Crippen molar-refractivity contribution in [2.45, 2.75) is 12.5 Å². The molecule has 128 valence electrons. The Hall–Kier alpha value is -2.24. The van der Waals surface area contributed by atoms with Gasteiger partial charge in [-0.2, -0.15) is 0 Å². The van der Waals surface area contributed by atoms with Gasteiger partial charge in [-0.15, -0.1) is 0 Å². The molecule has 2 rings (SSSR count). The van der Waals surface area contributed by atoms with Crippen molar-refractivity contribution in [1.82, 2.24) is 10.6 Å². The van der Waals surface area contributed by atoms with E-state index in [1.54, 1.807) is 24.3 Å². The van der Waals surface area contributed by atoms with Crippen LogP contribution in [0.15, 0.2) is 54.6 Å². The molecule has 1 atom stereocenters. The Morgan fingerprint density at radius 3 is 2.50 bits per heavy atom. The van der Waals surface area contributed by atoms with Crippen LogP contribution in [0.5, 0.6) is 5.75 Å². The summed E-state index contributed by atoms with van der Waals surface area (Å²) in [5.41, 5.74) is 1.16. The van der Waals surface area contributed by atoms with Gasteiger partial charge >= 0.3 is 6.03 Å². The van der Waals surface area contributed by atoms with E-state index in [9.17, 15) is 9.90 Å². The molecule has 0 spiro atoms. The number of urea groups is 1. The Morgan fingerprint density at radius 2 is 1.79 bits per heavy atom. The Balaban J connectivity index is 1.58. The van der Waals surface area contributed by atoms with Crippen LogP contribution in [0.4, 0.5) is 4.79 Å². The molecule has 0 saturated carbocycles. The summed E-state index contributed by atoms with van der Waals surface area (Å²) in [7, 11) is 0. The van der Waals surface area contributed by atoms with Crippen LogP contribution in [0.3, 0.4) is 0 Å². The number of ether oxygens (including phenoxy) is 1. The summed E-state index contributed by atoms with van der Waals surface area (Å²) >= 11 is 5.78. The lowest BCUT2D eigenvalue weighted by atomic mass is 10.1. The number of amides is 2. The van der Waals surface area contributed by atoms with Gasteiger partial charge in [0.25, 0.3) is 0 Å². The van der Waals surface area contributed by atoms with Gasteiger partial charge in [0.15, 0.2) is 0 Å². The average molecular weight is 349 g/mol. The van der Waals surface area contributed by atoms with Crippen LogP contribution in [-0.4, -0.2) is 36.9 Å². The van der Waals surface area contributed by atoms with Crippen LogP contribution in [0.25, 0.3) is 0 Å². The number of benzene rings is 2. The highest BCUT2D eigenvalue weighted by atomic mass is 35.5. The van der Waals surface area contributed by atoms with Crippen LogP contribution in [-0.2, 0) is 6.42 Å². The van der Waals surface area contributed by atoms with E-state index in [-0.39, 0.29) is 19.2 Å². The summed E-state index contributed by atoms with van der Waals surface area (Å²) in [6.45, 7) is 0.740. The minimum absolute atomic E-state index is 0.0892. The first-order valence-electron chi connectivity index (χ1n) is 7.75. The van der Waals surface area contributed by atoms with Gasteiger partial charge in [0.1, 0.15) is 18.5 Å². The van der Waals surface area contributed by atoms with E-state index >= 15 is 0 Å². The van der Waals surface area contributed by atoms with Crippen molar-refractivity contribution in [3.63, 3.8) is 0 Å². The summed E-state index contributed by atoms with van der Waals surface area (Å²) in [6.07, 6.45) is -0.0307. The Labute approximate surface area is 146 Å². The molecule has 2 aromatic carbocycles. The van der Waals surface area contributed by atoms with E-state index in [4.69, 9.17) is 16.3 Å². The molecule has 5 nitrogen and oxygen atoms in total. The molecule has 0 aliphatic rings. The molecule has 0 aliphatic heterocycles. The van der Waals surface area contributed by atoms with Gasteiger partial charge in [-0.05, 0) is 36.2 Å². The molecule has 1 unspecified atom stereocenters. The third-order valence-corrected chi connectivity index (χ3v) is 3.55. The molecule has 2 amide bonds. The highest BCUT2D eigenvalue weighted by Gasteiger charge is 2.08. The van der Waals surface area contributed by atoms with Gasteiger partial charge in [0, 0.05) is 18.1 Å². The molecule has 0 saturated heterocycles. The van der Waals surface area contributed by atoms with Crippen LogP contribution in [0.1, 0.15) is 5.56 Å². The maximum absolute atomic E-state index is 11.7. The van der Waals surface area contributed by atoms with E-state index < -0.39 is 6.10 Å². The molecule has 0 aromatic heterocycles. The van der Waals surface area contributed by atoms with Crippen molar-refractivity contribution >= 4 is 17.6 Å². The summed E-state index contributed by atoms with van der Waals surface area (Å²) in [6, 6.07) is 16.5. The predicted molar refractivity (Wildman–Crippen MR) is 94.5 cm³/mol. The van der Waals surface area contributed by atoms with E-state index in [1.165, 1.54) is 0 Å². The first-order valence-corrected chi connectivity index (χ1v) is 8.13. The third-order valence-electron chi connectivity index (χ3n) is 3.30. The zero-order chi connectivity index (χ0) is 17.2. The average Bonchev–Trinajstić information content (AvgIpc) is 2.60. The van der Waals surface area contributed by atoms with Crippen LogP contribution < -0.4 is 15.4 Å². The first-order chi connectivity index (χ1) is 11.6. The number of halogens is 1. The predicted octanol–water partition coefficient (Wildman–Crippen LogP) is 2.62. The minimum Gasteiger partial charge on any atom is -0.491 e. The zero-order valence-corrected chi connectivity index (χ0v) is 14.0. The normalized spacial score (nSPS) is 11.6. The topological polar surface area (TPSA) is 70.6 Å². The van der Waals surface area contributed by atoms with Crippen molar-refractivity contribution in [1.29, 1.82) is 0 Å². The van der Waals surface area contributed by atoms with E-state index in [2.05, 4.69) is 10.6 Å². The standard InChI is InChI=1S/C18H21ClN2O3/c19-15-6-8-17(9-7-15)24-13-16(22)12-21-18(23)20-11-10-14-4-2-1-3-5-14/h1-9,16,22H,10-13H2,(H2,20,21,23). The fourth-order valence-corrected chi connectivity index (χ4v) is 2.15. The highest BCUT2D eigenvalue weighted by molar-refractivity contribution is 6.30. The number of aliphatic hydroxyl groups is 1. The van der Waals surface area contributed by atoms with Crippen molar-refractivity contribution in [2.75, 3.05) is 19.7 Å². The number of rotatable bonds is 8. The van der Waals surface area contributed by atoms with Crippen LogP contribution in [0.2, 0.25) is 5.02 Å². The van der Waals surface area contributed by atoms with Crippen molar-refractivity contribution in [2.24, 2.45) is 0 Å². The second-order valence-corrected chi connectivity index (χ2v) is 5.73. The molecular formula is C18H21ClN2O3. The number of hydrogen-bond donors (Lipinski definition) is 3. The molecule has 0 aliphatic carbocycles. The molecule has 0 fully saturated rings. The Morgan fingerprint density at radius 1 is 1.08 bits per heavy atom. The van der Waals surface area contributed by atoms with Crippen LogP contribution in [0, 0.1) is 0 Å². The lowest BCUT2D eigenvalue weighted by Crippen LogP contribution is -2.41. The van der Waals surface area contributed by atoms with E-state index in [1.807, 2.05) is 30.3 Å². The molecule has 3 N–H and O–H groups in total. The van der Waals surface area contributed by atoms with Crippen molar-refractivity contribution in [3.05, 3.63) is 65.2 Å². The van der Waals surface area contributed by atoms with Gasteiger partial charge in [0.2, 0.25) is 0 Å². The summed E-state index contributed by atoms with van der Waals surface area (Å²) < 4.78 is 5.41. The number of carbonyl (C=O) groups excluding carboxylic acids is 1. The SMILES string of the molecule is O=C(NCCc1ccccc1)NCC(O)COc1ccc(Cl)cc1. The smallest absolute Gasteiger partial charge is 0.314 e. The summed E-state index contributed by atoms with van der Waals surface area (Å²) in [5, 5.41) is 15.8. The molecular weight excluding hydrogens is 328 g/mol. The second-order valence-electron chi connectivity index (χ2n) is 5.29. The number of hydrogen-bond acceptors (Lipinski definition) is 3. The first kappa shape index (κ1) is 18.1. The minimum atomic E-state index is -0.791. The second kappa shape index (κ2) is 9.80. The van der Waals surface area contributed by atoms with Crippen molar-refractivity contribution in [3.8, 4) is 5.75 Å². The lowest BCUT2D eigenvalue weighted by molar-refractivity contribution is 0.108. The number of nitrogens with one attached hydrogen (secondary N) is 2. The maximum atomic E-state index is 11.7. The fourth-order valence-electron chi connectivity index (χ4n) is 2.02. The zero-order valence-electron chi connectivity index (χ0n) is 13.2. The molecule has 24 heavy (non-hydrogen) atoms. The molecule has 2 aromatic rings. The Bertz CT molecular complexity index is 620. The molecule has 0 bridgehead atoms. The number of aliphatic hydroxyl groups excluding tert-OH is 1. The monoisotopic (exact) mass is 348 g/mol. The quantitative estimate of drug-likeness (QED) is 0.686. The van der Waals surface area contributed by atoms with Gasteiger partial charge in [-0.3, -0.25) is 0 Å². The molecule has 0 radical (unpaired) electrons. The molecule has 6 heteroatoms. The maximum Gasteiger partial charge on any atom is 0.314 e.